The molecule has 1 saturated carbocycles. The molecular weight excluding hydrogens is 358 g/mol. The lowest BCUT2D eigenvalue weighted by molar-refractivity contribution is 0.445. The maximum absolute atomic E-state index is 4.82. The van der Waals surface area contributed by atoms with Gasteiger partial charge in [0.1, 0.15) is 22.9 Å². The molecule has 0 aromatic carbocycles. The van der Waals surface area contributed by atoms with E-state index in [-0.39, 0.29) is 0 Å². The average Bonchev–Trinajstić information content (AvgIpc) is 3.35. The predicted molar refractivity (Wildman–Crippen MR) is 118 cm³/mol. The molecule has 29 heavy (non-hydrogen) atoms. The second kappa shape index (κ2) is 6.90. The number of H-pyrrole nitrogens is 2. The molecule has 4 aromatic heterocycles. The van der Waals surface area contributed by atoms with Crippen molar-refractivity contribution in [1.82, 2.24) is 19.9 Å². The minimum Gasteiger partial charge on any atom is -0.346 e. The Balaban J connectivity index is 1.28. The Morgan fingerprint density at radius 1 is 0.793 bits per heavy atom. The van der Waals surface area contributed by atoms with Gasteiger partial charge in [-0.15, -0.1) is 0 Å². The van der Waals surface area contributed by atoms with Gasteiger partial charge in [-0.1, -0.05) is 19.3 Å². The van der Waals surface area contributed by atoms with Gasteiger partial charge in [0.15, 0.2) is 0 Å². The molecule has 0 atom stereocenters. The van der Waals surface area contributed by atoms with Crippen LogP contribution in [0.5, 0.6) is 0 Å². The number of aromatic amines is 2. The largest absolute Gasteiger partial charge is 0.346 e. The molecule has 3 N–H and O–H groups in total. The van der Waals surface area contributed by atoms with Gasteiger partial charge in [0.2, 0.25) is 0 Å². The number of nitrogens with one attached hydrogen (secondary N) is 3. The first-order valence-electron chi connectivity index (χ1n) is 11.1. The van der Waals surface area contributed by atoms with E-state index in [4.69, 9.17) is 9.97 Å². The Kier molecular flexibility index (Phi) is 4.06. The maximum atomic E-state index is 4.82. The third kappa shape index (κ3) is 3.00. The molecule has 0 spiro atoms. The van der Waals surface area contributed by atoms with Crippen LogP contribution in [0, 0.1) is 0 Å². The van der Waals surface area contributed by atoms with Crippen LogP contribution in [0.3, 0.4) is 0 Å². The lowest BCUT2D eigenvalue weighted by Gasteiger charge is -2.21. The van der Waals surface area contributed by atoms with Crippen molar-refractivity contribution in [2.75, 3.05) is 5.32 Å². The quantitative estimate of drug-likeness (QED) is 0.398. The first kappa shape index (κ1) is 17.1. The Morgan fingerprint density at radius 3 is 2.41 bits per heavy atom. The topological polar surface area (TPSA) is 69.4 Å². The highest BCUT2D eigenvalue weighted by atomic mass is 15.1. The number of fused-ring (bicyclic) bond motifs is 4. The zero-order valence-corrected chi connectivity index (χ0v) is 16.7. The summed E-state index contributed by atoms with van der Waals surface area (Å²) in [5.41, 5.74) is 6.23. The van der Waals surface area contributed by atoms with Crippen LogP contribution in [0.1, 0.15) is 67.7 Å². The summed E-state index contributed by atoms with van der Waals surface area (Å²) < 4.78 is 0. The molecule has 1 fully saturated rings. The molecule has 0 amide bonds. The van der Waals surface area contributed by atoms with Crippen molar-refractivity contribution in [2.45, 2.75) is 63.7 Å². The van der Waals surface area contributed by atoms with Crippen molar-refractivity contribution in [1.29, 1.82) is 0 Å². The fraction of sp³-hybridized carbons (Fsp3) is 0.417. The fourth-order valence-corrected chi connectivity index (χ4v) is 5.33. The summed E-state index contributed by atoms with van der Waals surface area (Å²) in [6, 6.07) is 8.55. The molecule has 5 nitrogen and oxygen atoms in total. The second-order valence-corrected chi connectivity index (χ2v) is 8.68. The lowest BCUT2D eigenvalue weighted by Crippen LogP contribution is -2.03. The van der Waals surface area contributed by atoms with Gasteiger partial charge in [0.05, 0.1) is 0 Å². The average molecular weight is 386 g/mol. The molecule has 4 aromatic rings. The van der Waals surface area contributed by atoms with E-state index in [9.17, 15) is 0 Å². The van der Waals surface area contributed by atoms with Crippen LogP contribution in [-0.4, -0.2) is 19.9 Å². The van der Waals surface area contributed by atoms with E-state index in [0.717, 1.165) is 35.8 Å². The molecular formula is C24H27N5. The van der Waals surface area contributed by atoms with Gasteiger partial charge in [-0.05, 0) is 79.8 Å². The van der Waals surface area contributed by atoms with Crippen molar-refractivity contribution < 1.29 is 0 Å². The smallest absolute Gasteiger partial charge is 0.140 e. The molecule has 148 valence electrons. The number of pyridine rings is 2. The van der Waals surface area contributed by atoms with E-state index in [2.05, 4.69) is 45.7 Å². The molecule has 0 radical (unpaired) electrons. The molecule has 2 aliphatic rings. The zero-order chi connectivity index (χ0) is 19.2. The van der Waals surface area contributed by atoms with E-state index in [1.54, 1.807) is 0 Å². The number of anilines is 2. The molecule has 0 unspecified atom stereocenters. The van der Waals surface area contributed by atoms with Crippen molar-refractivity contribution in [2.24, 2.45) is 0 Å². The zero-order valence-electron chi connectivity index (χ0n) is 16.7. The minimum atomic E-state index is 0.682. The summed E-state index contributed by atoms with van der Waals surface area (Å²) in [6.07, 6.45) is 13.7. The van der Waals surface area contributed by atoms with Crippen molar-refractivity contribution in [3.05, 3.63) is 47.3 Å². The standard InChI is InChI=1S/C24H27N5/c1-2-6-15(7-3-1)19-14-25-23-18(19)11-13-21(28-23)27-22-12-10-17-16-8-4-5-9-20(16)26-24(17)29-22/h10-15H,1-9H2,(H3,25,26,27,28,29). The van der Waals surface area contributed by atoms with Crippen molar-refractivity contribution in [3.63, 3.8) is 0 Å². The van der Waals surface area contributed by atoms with Gasteiger partial charge in [-0.25, -0.2) is 9.97 Å². The highest BCUT2D eigenvalue weighted by molar-refractivity contribution is 5.85. The van der Waals surface area contributed by atoms with Gasteiger partial charge in [-0.3, -0.25) is 0 Å². The minimum absolute atomic E-state index is 0.682. The Hall–Kier alpha value is -2.82. The van der Waals surface area contributed by atoms with E-state index in [0.29, 0.717) is 5.92 Å². The molecule has 0 bridgehead atoms. The van der Waals surface area contributed by atoms with E-state index < -0.39 is 0 Å². The van der Waals surface area contributed by atoms with Crippen LogP contribution in [0.25, 0.3) is 22.1 Å². The van der Waals surface area contributed by atoms with E-state index in [1.807, 2.05) is 0 Å². The molecule has 2 aliphatic carbocycles. The van der Waals surface area contributed by atoms with Gasteiger partial charge >= 0.3 is 0 Å². The maximum Gasteiger partial charge on any atom is 0.140 e. The molecule has 0 aliphatic heterocycles. The lowest BCUT2D eigenvalue weighted by atomic mass is 9.84. The molecule has 6 rings (SSSR count). The van der Waals surface area contributed by atoms with Crippen molar-refractivity contribution >= 4 is 33.7 Å². The summed E-state index contributed by atoms with van der Waals surface area (Å²) in [6.45, 7) is 0. The summed E-state index contributed by atoms with van der Waals surface area (Å²) in [5, 5.41) is 5.94. The highest BCUT2D eigenvalue weighted by Gasteiger charge is 2.19. The van der Waals surface area contributed by atoms with Crippen LogP contribution < -0.4 is 5.32 Å². The normalized spacial score (nSPS) is 17.7. The summed E-state index contributed by atoms with van der Waals surface area (Å²) in [4.78, 5) is 16.6. The number of nitrogens with zero attached hydrogens (tertiary/aromatic N) is 2. The molecule has 0 saturated heterocycles. The van der Waals surface area contributed by atoms with Crippen LogP contribution >= 0.6 is 0 Å². The Morgan fingerprint density at radius 2 is 1.55 bits per heavy atom. The fourth-order valence-electron chi connectivity index (χ4n) is 5.33. The third-order valence-electron chi connectivity index (χ3n) is 6.83. The van der Waals surface area contributed by atoms with Gasteiger partial charge in [-0.2, -0.15) is 0 Å². The van der Waals surface area contributed by atoms with Gasteiger partial charge in [0, 0.05) is 22.7 Å². The van der Waals surface area contributed by atoms with E-state index >= 15 is 0 Å². The Bertz CT molecular complexity index is 1180. The summed E-state index contributed by atoms with van der Waals surface area (Å²) >= 11 is 0. The number of aromatic nitrogens is 4. The number of aryl methyl sites for hydroxylation is 2. The SMILES string of the molecule is c1cc2c(C3CCCCC3)c[nH]c2nc1Nc1ccc2c3c([nH]c2n1)CCCC3. The molecule has 4 heterocycles. The van der Waals surface area contributed by atoms with Gasteiger partial charge in [0.25, 0.3) is 0 Å². The molecule has 5 heteroatoms. The number of hydrogen-bond donors (Lipinski definition) is 3. The summed E-state index contributed by atoms with van der Waals surface area (Å²) in [5.74, 6) is 2.35. The Labute approximate surface area is 170 Å². The first-order chi connectivity index (χ1) is 14.3. The highest BCUT2D eigenvalue weighted by Crippen LogP contribution is 2.36. The van der Waals surface area contributed by atoms with Crippen molar-refractivity contribution in [3.8, 4) is 0 Å². The predicted octanol–water partition coefficient (Wildman–Crippen LogP) is 6.11. The van der Waals surface area contributed by atoms with Crippen LogP contribution in [0.2, 0.25) is 0 Å². The van der Waals surface area contributed by atoms with Gasteiger partial charge < -0.3 is 15.3 Å². The number of hydrogen-bond acceptors (Lipinski definition) is 3. The second-order valence-electron chi connectivity index (χ2n) is 8.68. The monoisotopic (exact) mass is 385 g/mol. The third-order valence-corrected chi connectivity index (χ3v) is 6.83. The van der Waals surface area contributed by atoms with E-state index in [1.165, 1.54) is 72.5 Å². The first-order valence-corrected chi connectivity index (χ1v) is 11.1. The summed E-state index contributed by atoms with van der Waals surface area (Å²) in [7, 11) is 0. The number of rotatable bonds is 3. The van der Waals surface area contributed by atoms with Crippen LogP contribution in [0.15, 0.2) is 30.5 Å². The van der Waals surface area contributed by atoms with Crippen LogP contribution in [-0.2, 0) is 12.8 Å². The van der Waals surface area contributed by atoms with Crippen LogP contribution in [0.4, 0.5) is 11.6 Å².